The molecule has 0 saturated carbocycles. The van der Waals surface area contributed by atoms with Crippen LogP contribution in [-0.2, 0) is 6.42 Å². The lowest BCUT2D eigenvalue weighted by Gasteiger charge is -2.14. The molecule has 0 fully saturated rings. The molecule has 3 nitrogen and oxygen atoms in total. The van der Waals surface area contributed by atoms with Gasteiger partial charge in [0, 0.05) is 6.07 Å². The maximum absolute atomic E-state index is 11.1. The molecule has 2 rings (SSSR count). The van der Waals surface area contributed by atoms with Gasteiger partial charge in [-0.3, -0.25) is 0 Å². The second-order valence-electron chi connectivity index (χ2n) is 2.62. The summed E-state index contributed by atoms with van der Waals surface area (Å²) in [5.41, 5.74) is 1.02. The predicted octanol–water partition coefficient (Wildman–Crippen LogP) is 0.645. The van der Waals surface area contributed by atoms with Crippen LogP contribution in [-0.4, -0.2) is 6.61 Å². The van der Waals surface area contributed by atoms with Gasteiger partial charge < -0.3 is 9.94 Å². The third-order valence-electron chi connectivity index (χ3n) is 1.82. The second-order valence-corrected chi connectivity index (χ2v) is 2.62. The summed E-state index contributed by atoms with van der Waals surface area (Å²) in [5.74, 6) is 0.485. The fourth-order valence-corrected chi connectivity index (χ4v) is 1.30. The zero-order chi connectivity index (χ0) is 7.68. The lowest BCUT2D eigenvalue weighted by atomic mass is 10.1. The standard InChI is InChI=1S/C8H9NO2/c10-9-5-1-3-7-4-2-6-11-8(7)9/h1,3,5H,2,4,6H2. The minimum atomic E-state index is 0.485. The molecule has 0 spiro atoms. The van der Waals surface area contributed by atoms with Gasteiger partial charge in [-0.1, -0.05) is 0 Å². The molecule has 3 heteroatoms. The van der Waals surface area contributed by atoms with E-state index in [0.717, 1.165) is 23.1 Å². The summed E-state index contributed by atoms with van der Waals surface area (Å²) in [4.78, 5) is 0. The lowest BCUT2D eigenvalue weighted by Crippen LogP contribution is -2.31. The van der Waals surface area contributed by atoms with Crippen LogP contribution in [0.5, 0.6) is 5.88 Å². The highest BCUT2D eigenvalue weighted by Crippen LogP contribution is 2.18. The molecular formula is C8H9NO2. The maximum atomic E-state index is 11.1. The van der Waals surface area contributed by atoms with Crippen molar-refractivity contribution in [1.82, 2.24) is 0 Å². The SMILES string of the molecule is [O-][n+]1cccc2c1OCCC2. The summed E-state index contributed by atoms with van der Waals surface area (Å²) >= 11 is 0. The zero-order valence-corrected chi connectivity index (χ0v) is 6.12. The van der Waals surface area contributed by atoms with Crippen LogP contribution in [0.2, 0.25) is 0 Å². The van der Waals surface area contributed by atoms with Crippen LogP contribution in [0.25, 0.3) is 0 Å². The van der Waals surface area contributed by atoms with Gasteiger partial charge in [-0.2, -0.15) is 0 Å². The van der Waals surface area contributed by atoms with Crippen molar-refractivity contribution in [2.75, 3.05) is 6.61 Å². The van der Waals surface area contributed by atoms with Gasteiger partial charge in [0.15, 0.2) is 6.20 Å². The van der Waals surface area contributed by atoms with Crippen molar-refractivity contribution in [3.05, 3.63) is 29.1 Å². The normalized spacial score (nSPS) is 15.3. The Morgan fingerprint density at radius 3 is 3.27 bits per heavy atom. The number of hydrogen-bond acceptors (Lipinski definition) is 2. The molecule has 0 amide bonds. The first-order chi connectivity index (χ1) is 5.38. The highest BCUT2D eigenvalue weighted by molar-refractivity contribution is 5.22. The molecule has 0 bridgehead atoms. The Morgan fingerprint density at radius 2 is 2.45 bits per heavy atom. The van der Waals surface area contributed by atoms with Crippen molar-refractivity contribution >= 4 is 0 Å². The third-order valence-corrected chi connectivity index (χ3v) is 1.82. The van der Waals surface area contributed by atoms with E-state index in [-0.39, 0.29) is 0 Å². The summed E-state index contributed by atoms with van der Waals surface area (Å²) < 4.78 is 5.99. The van der Waals surface area contributed by atoms with E-state index in [4.69, 9.17) is 4.74 Å². The van der Waals surface area contributed by atoms with E-state index in [2.05, 4.69) is 0 Å². The summed E-state index contributed by atoms with van der Waals surface area (Å²) in [6.07, 6.45) is 3.43. The van der Waals surface area contributed by atoms with Crippen LogP contribution < -0.4 is 9.47 Å². The molecule has 0 N–H and O–H groups in total. The number of ether oxygens (including phenoxy) is 1. The first-order valence-corrected chi connectivity index (χ1v) is 3.72. The molecule has 1 aliphatic heterocycles. The smallest absolute Gasteiger partial charge is 0.382 e. The maximum Gasteiger partial charge on any atom is 0.382 e. The molecule has 0 aromatic carbocycles. The van der Waals surface area contributed by atoms with Gasteiger partial charge in [-0.25, -0.2) is 0 Å². The molecule has 0 unspecified atom stereocenters. The fourth-order valence-electron chi connectivity index (χ4n) is 1.30. The predicted molar refractivity (Wildman–Crippen MR) is 39.2 cm³/mol. The number of fused-ring (bicyclic) bond motifs is 1. The Hall–Kier alpha value is -1.25. The van der Waals surface area contributed by atoms with Gasteiger partial charge in [0.25, 0.3) is 0 Å². The van der Waals surface area contributed by atoms with E-state index in [1.165, 1.54) is 6.20 Å². The van der Waals surface area contributed by atoms with Gasteiger partial charge in [-0.15, -0.1) is 4.73 Å². The molecule has 1 aromatic rings. The molecule has 1 aliphatic rings. The first-order valence-electron chi connectivity index (χ1n) is 3.72. The van der Waals surface area contributed by atoms with E-state index >= 15 is 0 Å². The number of hydrogen-bond donors (Lipinski definition) is 0. The van der Waals surface area contributed by atoms with Crippen molar-refractivity contribution in [2.24, 2.45) is 0 Å². The molecule has 58 valence electrons. The molecule has 0 aliphatic carbocycles. The fraction of sp³-hybridized carbons (Fsp3) is 0.375. The van der Waals surface area contributed by atoms with Gasteiger partial charge in [-0.05, 0) is 18.9 Å². The average Bonchev–Trinajstić information content (AvgIpc) is 2.06. The summed E-state index contributed by atoms with van der Waals surface area (Å²) in [6, 6.07) is 3.68. The Kier molecular flexibility index (Phi) is 1.42. The average molecular weight is 151 g/mol. The summed E-state index contributed by atoms with van der Waals surface area (Å²) in [7, 11) is 0. The van der Waals surface area contributed by atoms with Gasteiger partial charge in [0.2, 0.25) is 0 Å². The number of pyridine rings is 1. The molecule has 2 heterocycles. The molecule has 11 heavy (non-hydrogen) atoms. The van der Waals surface area contributed by atoms with E-state index in [1.54, 1.807) is 6.07 Å². The van der Waals surface area contributed by atoms with E-state index < -0.39 is 0 Å². The van der Waals surface area contributed by atoms with Gasteiger partial charge in [0.05, 0.1) is 12.2 Å². The Labute approximate surface area is 64.8 Å². The minimum absolute atomic E-state index is 0.485. The Balaban J connectivity index is 2.49. The highest BCUT2D eigenvalue weighted by Gasteiger charge is 2.17. The van der Waals surface area contributed by atoms with Crippen LogP contribution in [0, 0.1) is 5.21 Å². The van der Waals surface area contributed by atoms with Crippen LogP contribution in [0.4, 0.5) is 0 Å². The van der Waals surface area contributed by atoms with Crippen LogP contribution >= 0.6 is 0 Å². The van der Waals surface area contributed by atoms with Crippen LogP contribution in [0.15, 0.2) is 18.3 Å². The minimum Gasteiger partial charge on any atom is -0.616 e. The number of aromatic nitrogens is 1. The number of aryl methyl sites for hydroxylation is 1. The van der Waals surface area contributed by atoms with Crippen molar-refractivity contribution in [3.63, 3.8) is 0 Å². The molecule has 0 radical (unpaired) electrons. The molecule has 1 aromatic heterocycles. The topological polar surface area (TPSA) is 36.2 Å². The van der Waals surface area contributed by atoms with E-state index in [0.29, 0.717) is 12.5 Å². The quantitative estimate of drug-likeness (QED) is 0.403. The van der Waals surface area contributed by atoms with E-state index in [9.17, 15) is 5.21 Å². The number of nitrogens with zero attached hydrogens (tertiary/aromatic N) is 1. The van der Waals surface area contributed by atoms with Crippen LogP contribution in [0.3, 0.4) is 0 Å². The van der Waals surface area contributed by atoms with Gasteiger partial charge >= 0.3 is 5.88 Å². The monoisotopic (exact) mass is 151 g/mol. The van der Waals surface area contributed by atoms with Crippen molar-refractivity contribution in [2.45, 2.75) is 12.8 Å². The van der Waals surface area contributed by atoms with E-state index in [1.807, 2.05) is 6.07 Å². The molecular weight excluding hydrogens is 142 g/mol. The van der Waals surface area contributed by atoms with Crippen molar-refractivity contribution in [1.29, 1.82) is 0 Å². The second kappa shape index (κ2) is 2.42. The van der Waals surface area contributed by atoms with Gasteiger partial charge in [0.1, 0.15) is 0 Å². The van der Waals surface area contributed by atoms with Crippen molar-refractivity contribution in [3.8, 4) is 5.88 Å². The summed E-state index contributed by atoms with van der Waals surface area (Å²) in [5, 5.41) is 11.1. The first kappa shape index (κ1) is 6.46. The largest absolute Gasteiger partial charge is 0.616 e. The molecule has 0 atom stereocenters. The Bertz CT molecular complexity index is 273. The lowest BCUT2D eigenvalue weighted by molar-refractivity contribution is -0.613. The van der Waals surface area contributed by atoms with Crippen molar-refractivity contribution < 1.29 is 9.47 Å². The highest BCUT2D eigenvalue weighted by atomic mass is 16.5. The molecule has 0 saturated heterocycles. The summed E-state index contributed by atoms with van der Waals surface area (Å²) in [6.45, 7) is 0.666. The third kappa shape index (κ3) is 1.02. The Morgan fingerprint density at radius 1 is 1.55 bits per heavy atom. The zero-order valence-electron chi connectivity index (χ0n) is 6.12. The number of rotatable bonds is 0. The van der Waals surface area contributed by atoms with Crippen LogP contribution in [0.1, 0.15) is 12.0 Å².